The van der Waals surface area contributed by atoms with Gasteiger partial charge < -0.3 is 8.83 Å². The summed E-state index contributed by atoms with van der Waals surface area (Å²) in [5.74, 6) is 0. The predicted octanol–water partition coefficient (Wildman–Crippen LogP) is 10.7. The molecule has 4 aromatic heterocycles. The van der Waals surface area contributed by atoms with Gasteiger partial charge in [0.1, 0.15) is 11.2 Å². The molecule has 0 saturated heterocycles. The lowest BCUT2D eigenvalue weighted by atomic mass is 10.3. The molecule has 0 atom stereocenters. The molecule has 0 aliphatic carbocycles. The van der Waals surface area contributed by atoms with E-state index >= 15 is 0 Å². The van der Waals surface area contributed by atoms with Crippen molar-refractivity contribution >= 4 is 64.8 Å². The van der Waals surface area contributed by atoms with Crippen LogP contribution in [0.25, 0.3) is 42.1 Å². The zero-order valence-corrected chi connectivity index (χ0v) is 21.1. The molecular weight excluding hydrogens is 480 g/mol. The van der Waals surface area contributed by atoms with Gasteiger partial charge in [-0.3, -0.25) is 0 Å². The third kappa shape index (κ3) is 6.11. The fourth-order valence-electron chi connectivity index (χ4n) is 3.62. The van der Waals surface area contributed by atoms with Crippen molar-refractivity contribution in [1.82, 2.24) is 0 Å². The van der Waals surface area contributed by atoms with E-state index in [2.05, 4.69) is 71.4 Å². The van der Waals surface area contributed by atoms with Gasteiger partial charge in [0.05, 0.1) is 12.5 Å². The molecule has 8 aromatic rings. The maximum absolute atomic E-state index is 5.12. The summed E-state index contributed by atoms with van der Waals surface area (Å²) in [4.78, 5) is 0. The average molecular weight is 505 g/mol. The van der Waals surface area contributed by atoms with E-state index in [4.69, 9.17) is 8.83 Å². The first kappa shape index (κ1) is 23.6. The smallest absolute Gasteiger partial charge is 0.133 e. The van der Waals surface area contributed by atoms with E-state index in [0.717, 1.165) is 21.9 Å². The van der Waals surface area contributed by atoms with Crippen LogP contribution < -0.4 is 0 Å². The number of hydrogen-bond donors (Lipinski definition) is 0. The molecule has 8 rings (SSSR count). The highest BCUT2D eigenvalue weighted by Gasteiger charge is 1.91. The van der Waals surface area contributed by atoms with Gasteiger partial charge in [0.25, 0.3) is 0 Å². The topological polar surface area (TPSA) is 26.3 Å². The maximum atomic E-state index is 5.12. The maximum Gasteiger partial charge on any atom is 0.133 e. The molecule has 0 bridgehead atoms. The Labute approximate surface area is 217 Å². The molecule has 0 fully saturated rings. The molecule has 0 amide bonds. The number of rotatable bonds is 0. The Hall–Kier alpha value is -4.12. The fraction of sp³-hybridized carbons (Fsp3) is 0. The molecule has 0 saturated carbocycles. The minimum atomic E-state index is 0.956. The second-order valence-corrected chi connectivity index (χ2v) is 9.73. The molecular formula is C32H24O2S2. The van der Waals surface area contributed by atoms with Gasteiger partial charge in [-0.05, 0) is 70.1 Å². The van der Waals surface area contributed by atoms with Gasteiger partial charge in [-0.25, -0.2) is 0 Å². The molecule has 4 aromatic carbocycles. The molecule has 0 aliphatic heterocycles. The van der Waals surface area contributed by atoms with Gasteiger partial charge in [-0.1, -0.05) is 72.8 Å². The Morgan fingerprint density at radius 3 is 1.17 bits per heavy atom. The van der Waals surface area contributed by atoms with Gasteiger partial charge in [-0.2, -0.15) is 0 Å². The number of para-hydroxylation sites is 2. The van der Waals surface area contributed by atoms with Crippen molar-refractivity contribution in [1.29, 1.82) is 0 Å². The van der Waals surface area contributed by atoms with E-state index in [1.165, 1.54) is 20.2 Å². The molecule has 0 radical (unpaired) electrons. The van der Waals surface area contributed by atoms with Crippen LogP contribution in [0.2, 0.25) is 0 Å². The van der Waals surface area contributed by atoms with Crippen molar-refractivity contribution in [2.45, 2.75) is 0 Å². The predicted molar refractivity (Wildman–Crippen MR) is 156 cm³/mol. The van der Waals surface area contributed by atoms with Crippen molar-refractivity contribution in [2.75, 3.05) is 0 Å². The van der Waals surface area contributed by atoms with Crippen LogP contribution in [0.5, 0.6) is 0 Å². The minimum absolute atomic E-state index is 0.956. The summed E-state index contributed by atoms with van der Waals surface area (Å²) in [6, 6.07) is 40.9. The van der Waals surface area contributed by atoms with Crippen LogP contribution in [0.4, 0.5) is 0 Å². The van der Waals surface area contributed by atoms with Gasteiger partial charge in [0.15, 0.2) is 0 Å². The van der Waals surface area contributed by atoms with Crippen molar-refractivity contribution in [2.24, 2.45) is 0 Å². The van der Waals surface area contributed by atoms with Crippen molar-refractivity contribution in [3.63, 3.8) is 0 Å². The SMILES string of the molecule is c1ccc2occc2c1.c1ccc2occc2c1.c1ccc2sccc2c1.c1ccc2sccc2c1. The number of fused-ring (bicyclic) bond motifs is 4. The first-order valence-corrected chi connectivity index (χ1v) is 13.3. The number of benzene rings is 4. The van der Waals surface area contributed by atoms with Gasteiger partial charge >= 0.3 is 0 Å². The number of hydrogen-bond acceptors (Lipinski definition) is 4. The molecule has 176 valence electrons. The van der Waals surface area contributed by atoms with Crippen LogP contribution in [-0.4, -0.2) is 0 Å². The molecule has 0 aliphatic rings. The van der Waals surface area contributed by atoms with Crippen molar-refractivity contribution in [3.05, 3.63) is 145 Å². The average Bonchev–Trinajstić information content (AvgIpc) is 3.76. The van der Waals surface area contributed by atoms with E-state index in [9.17, 15) is 0 Å². The van der Waals surface area contributed by atoms with E-state index in [-0.39, 0.29) is 0 Å². The molecule has 2 nitrogen and oxygen atoms in total. The summed E-state index contributed by atoms with van der Waals surface area (Å²) in [7, 11) is 0. The summed E-state index contributed by atoms with van der Waals surface area (Å²) >= 11 is 3.57. The molecule has 4 heterocycles. The van der Waals surface area contributed by atoms with Crippen molar-refractivity contribution in [3.8, 4) is 0 Å². The normalized spacial score (nSPS) is 10.2. The lowest BCUT2D eigenvalue weighted by molar-refractivity contribution is 0.615. The highest BCUT2D eigenvalue weighted by molar-refractivity contribution is 7.17. The van der Waals surface area contributed by atoms with E-state index in [1.54, 1.807) is 35.2 Å². The zero-order chi connectivity index (χ0) is 24.4. The van der Waals surface area contributed by atoms with Crippen LogP contribution >= 0.6 is 22.7 Å². The van der Waals surface area contributed by atoms with Crippen LogP contribution in [0.15, 0.2) is 153 Å². The molecule has 0 spiro atoms. The fourth-order valence-corrected chi connectivity index (χ4v) is 5.21. The van der Waals surface area contributed by atoms with Gasteiger partial charge in [0, 0.05) is 20.2 Å². The first-order valence-electron chi connectivity index (χ1n) is 11.6. The Kier molecular flexibility index (Phi) is 7.89. The molecule has 0 N–H and O–H groups in total. The Bertz CT molecular complexity index is 1380. The monoisotopic (exact) mass is 504 g/mol. The van der Waals surface area contributed by atoms with Gasteiger partial charge in [0.2, 0.25) is 0 Å². The van der Waals surface area contributed by atoms with Crippen LogP contribution in [0.1, 0.15) is 0 Å². The number of furan rings is 2. The summed E-state index contributed by atoms with van der Waals surface area (Å²) in [6.45, 7) is 0. The Morgan fingerprint density at radius 2 is 0.750 bits per heavy atom. The Morgan fingerprint density at radius 1 is 0.361 bits per heavy atom. The molecule has 4 heteroatoms. The number of thiophene rings is 2. The first-order chi connectivity index (χ1) is 17.9. The molecule has 0 unspecified atom stereocenters. The van der Waals surface area contributed by atoms with Crippen LogP contribution in [0, 0.1) is 0 Å². The van der Waals surface area contributed by atoms with Gasteiger partial charge in [-0.15, -0.1) is 22.7 Å². The zero-order valence-electron chi connectivity index (χ0n) is 19.5. The molecule has 36 heavy (non-hydrogen) atoms. The third-order valence-electron chi connectivity index (χ3n) is 5.45. The van der Waals surface area contributed by atoms with Crippen LogP contribution in [0.3, 0.4) is 0 Å². The summed E-state index contributed by atoms with van der Waals surface area (Å²) in [5.41, 5.74) is 1.91. The van der Waals surface area contributed by atoms with E-state index < -0.39 is 0 Å². The highest BCUT2D eigenvalue weighted by atomic mass is 32.1. The van der Waals surface area contributed by atoms with Crippen LogP contribution in [-0.2, 0) is 0 Å². The quantitative estimate of drug-likeness (QED) is 0.205. The lowest BCUT2D eigenvalue weighted by Gasteiger charge is -1.82. The standard InChI is InChI=1S/2C8H6O.2C8H6S/c4*1-2-4-8-7(3-1)5-6-9-8/h4*1-6H. The van der Waals surface area contributed by atoms with E-state index in [0.29, 0.717) is 0 Å². The summed E-state index contributed by atoms with van der Waals surface area (Å²) in [6.07, 6.45) is 3.40. The summed E-state index contributed by atoms with van der Waals surface area (Å²) in [5, 5.41) is 9.26. The van der Waals surface area contributed by atoms with E-state index in [1.807, 2.05) is 60.7 Å². The highest BCUT2D eigenvalue weighted by Crippen LogP contribution is 2.19. The largest absolute Gasteiger partial charge is 0.464 e. The third-order valence-corrected chi connectivity index (χ3v) is 7.24. The second kappa shape index (κ2) is 12.0. The minimum Gasteiger partial charge on any atom is -0.464 e. The summed E-state index contributed by atoms with van der Waals surface area (Å²) < 4.78 is 13.0. The van der Waals surface area contributed by atoms with Crippen molar-refractivity contribution < 1.29 is 8.83 Å². The lowest BCUT2D eigenvalue weighted by Crippen LogP contribution is -1.57. The second-order valence-electron chi connectivity index (χ2n) is 7.83. The Balaban J connectivity index is 0.0000000988.